The maximum Gasteiger partial charge on any atom is 0.119 e. The van der Waals surface area contributed by atoms with Crippen LogP contribution >= 0.6 is 11.6 Å². The highest BCUT2D eigenvalue weighted by Crippen LogP contribution is 2.35. The van der Waals surface area contributed by atoms with Crippen molar-refractivity contribution in [3.63, 3.8) is 0 Å². The molecular weight excluding hydrogens is 370 g/mol. The minimum Gasteiger partial charge on any atom is -0.492 e. The average molecular weight is 394 g/mol. The van der Waals surface area contributed by atoms with Gasteiger partial charge in [0.2, 0.25) is 0 Å². The maximum atomic E-state index is 8.77. The van der Waals surface area contributed by atoms with Crippen LogP contribution in [-0.4, -0.2) is 31.4 Å². The van der Waals surface area contributed by atoms with Gasteiger partial charge in [-0.1, -0.05) is 84.4 Å². The van der Waals surface area contributed by atoms with Crippen LogP contribution in [0.3, 0.4) is 0 Å². The highest BCUT2D eigenvalue weighted by atomic mass is 35.5. The molecule has 3 nitrogen and oxygen atoms in total. The van der Waals surface area contributed by atoms with Crippen LogP contribution in [0.5, 0.6) is 5.75 Å². The molecule has 0 saturated heterocycles. The number of benzene rings is 3. The van der Waals surface area contributed by atoms with Crippen molar-refractivity contribution >= 4 is 22.2 Å². The maximum absolute atomic E-state index is 8.77. The number of aliphatic hydroxyl groups is 1. The van der Waals surface area contributed by atoms with Crippen LogP contribution in [0.25, 0.3) is 10.6 Å². The van der Waals surface area contributed by atoms with E-state index in [-0.39, 0.29) is 6.61 Å². The molecule has 0 radical (unpaired) electrons. The van der Waals surface area contributed by atoms with Gasteiger partial charge in [0.1, 0.15) is 12.4 Å². The molecule has 0 heterocycles. The highest BCUT2D eigenvalue weighted by Gasteiger charge is 2.12. The zero-order chi connectivity index (χ0) is 19.6. The Morgan fingerprint density at radius 2 is 1.32 bits per heavy atom. The van der Waals surface area contributed by atoms with Crippen LogP contribution in [0.2, 0.25) is 0 Å². The molecule has 3 aromatic carbocycles. The lowest BCUT2D eigenvalue weighted by atomic mass is 9.95. The van der Waals surface area contributed by atoms with E-state index in [4.69, 9.17) is 21.4 Å². The van der Waals surface area contributed by atoms with Crippen molar-refractivity contribution in [1.82, 2.24) is 5.32 Å². The van der Waals surface area contributed by atoms with E-state index in [1.165, 1.54) is 0 Å². The molecule has 144 valence electrons. The Labute approximate surface area is 171 Å². The topological polar surface area (TPSA) is 41.5 Å². The van der Waals surface area contributed by atoms with Crippen molar-refractivity contribution in [2.75, 3.05) is 26.3 Å². The van der Waals surface area contributed by atoms with E-state index >= 15 is 0 Å². The summed E-state index contributed by atoms with van der Waals surface area (Å²) in [7, 11) is 0. The lowest BCUT2D eigenvalue weighted by Crippen LogP contribution is -2.23. The summed E-state index contributed by atoms with van der Waals surface area (Å²) in [5.41, 5.74) is 4.08. The number of hydrogen-bond donors (Lipinski definition) is 2. The molecule has 2 N–H and O–H groups in total. The Morgan fingerprint density at radius 1 is 0.750 bits per heavy atom. The van der Waals surface area contributed by atoms with Crippen molar-refractivity contribution < 1.29 is 9.84 Å². The third kappa shape index (κ3) is 5.46. The summed E-state index contributed by atoms with van der Waals surface area (Å²) >= 11 is 6.83. The first-order valence-corrected chi connectivity index (χ1v) is 9.73. The summed E-state index contributed by atoms with van der Waals surface area (Å²) in [5.74, 6) is 0.804. The van der Waals surface area contributed by atoms with Gasteiger partial charge in [0.15, 0.2) is 0 Å². The second-order valence-corrected chi connectivity index (χ2v) is 6.65. The summed E-state index contributed by atoms with van der Waals surface area (Å²) in [5, 5.41) is 12.6. The van der Waals surface area contributed by atoms with Gasteiger partial charge in [-0.25, -0.2) is 0 Å². The molecule has 0 fully saturated rings. The lowest BCUT2D eigenvalue weighted by Gasteiger charge is -2.13. The van der Waals surface area contributed by atoms with Crippen LogP contribution in [0.15, 0.2) is 84.9 Å². The first-order valence-electron chi connectivity index (χ1n) is 9.35. The zero-order valence-electron chi connectivity index (χ0n) is 15.6. The Bertz CT molecular complexity index is 877. The van der Waals surface area contributed by atoms with Crippen molar-refractivity contribution in [1.29, 1.82) is 0 Å². The molecule has 0 aliphatic carbocycles. The summed E-state index contributed by atoms with van der Waals surface area (Å²) in [4.78, 5) is 0. The Hall–Kier alpha value is -2.59. The minimum absolute atomic E-state index is 0.130. The van der Waals surface area contributed by atoms with Crippen molar-refractivity contribution in [3.8, 4) is 5.75 Å². The predicted octanol–water partition coefficient (Wildman–Crippen LogP) is 4.80. The molecule has 4 heteroatoms. The SMILES string of the molecule is OCCNCCOc1ccc(/C(=C(/Cl)c2ccccc2)c2ccccc2)cc1. The molecular formula is C24H24ClNO2. The van der Waals surface area contributed by atoms with E-state index in [1.54, 1.807) is 0 Å². The van der Waals surface area contributed by atoms with Crippen LogP contribution in [0, 0.1) is 0 Å². The summed E-state index contributed by atoms with van der Waals surface area (Å²) in [6, 6.07) is 28.1. The van der Waals surface area contributed by atoms with E-state index in [0.717, 1.165) is 28.0 Å². The van der Waals surface area contributed by atoms with Crippen LogP contribution in [-0.2, 0) is 0 Å². The number of halogens is 1. The van der Waals surface area contributed by atoms with E-state index in [0.29, 0.717) is 24.7 Å². The zero-order valence-corrected chi connectivity index (χ0v) is 16.4. The van der Waals surface area contributed by atoms with Crippen LogP contribution < -0.4 is 10.1 Å². The van der Waals surface area contributed by atoms with Gasteiger partial charge in [0.05, 0.1) is 11.6 Å². The number of ether oxygens (including phenoxy) is 1. The van der Waals surface area contributed by atoms with Gasteiger partial charge in [0, 0.05) is 18.7 Å². The molecule has 0 amide bonds. The summed E-state index contributed by atoms with van der Waals surface area (Å²) < 4.78 is 5.74. The molecule has 0 aromatic heterocycles. The summed E-state index contributed by atoms with van der Waals surface area (Å²) in [6.45, 7) is 1.94. The highest BCUT2D eigenvalue weighted by molar-refractivity contribution is 6.53. The first-order chi connectivity index (χ1) is 13.8. The second-order valence-electron chi connectivity index (χ2n) is 6.27. The molecule has 0 saturated carbocycles. The Balaban J connectivity index is 1.85. The van der Waals surface area contributed by atoms with Crippen molar-refractivity contribution in [2.24, 2.45) is 0 Å². The standard InChI is InChI=1S/C24H24ClNO2/c25-24(21-9-5-2-6-10-21)23(19-7-3-1-4-8-19)20-11-13-22(14-12-20)28-18-16-26-15-17-27/h1-14,26-27H,15-18H2/b24-23+. The fourth-order valence-corrected chi connectivity index (χ4v) is 3.26. The third-order valence-corrected chi connectivity index (χ3v) is 4.70. The van der Waals surface area contributed by atoms with E-state index in [1.807, 2.05) is 72.8 Å². The van der Waals surface area contributed by atoms with E-state index < -0.39 is 0 Å². The number of hydrogen-bond acceptors (Lipinski definition) is 3. The molecule has 28 heavy (non-hydrogen) atoms. The molecule has 0 bridgehead atoms. The molecule has 3 rings (SSSR count). The number of nitrogens with one attached hydrogen (secondary N) is 1. The number of aliphatic hydroxyl groups excluding tert-OH is 1. The van der Waals surface area contributed by atoms with Gasteiger partial charge < -0.3 is 15.2 Å². The van der Waals surface area contributed by atoms with Gasteiger partial charge in [0.25, 0.3) is 0 Å². The second kappa shape index (κ2) is 10.7. The molecule has 0 unspecified atom stereocenters. The first kappa shape index (κ1) is 20.2. The third-order valence-electron chi connectivity index (χ3n) is 4.29. The van der Waals surface area contributed by atoms with Crippen LogP contribution in [0.1, 0.15) is 16.7 Å². The molecule has 3 aromatic rings. The fourth-order valence-electron chi connectivity index (χ4n) is 2.92. The Kier molecular flexibility index (Phi) is 7.68. The van der Waals surface area contributed by atoms with Gasteiger partial charge >= 0.3 is 0 Å². The molecule has 0 atom stereocenters. The monoisotopic (exact) mass is 393 g/mol. The van der Waals surface area contributed by atoms with Gasteiger partial charge in [-0.05, 0) is 28.8 Å². The molecule has 0 aliphatic rings. The lowest BCUT2D eigenvalue weighted by molar-refractivity contribution is 0.276. The van der Waals surface area contributed by atoms with Crippen LogP contribution in [0.4, 0.5) is 0 Å². The summed E-state index contributed by atoms with van der Waals surface area (Å²) in [6.07, 6.45) is 0. The van der Waals surface area contributed by atoms with E-state index in [9.17, 15) is 0 Å². The smallest absolute Gasteiger partial charge is 0.119 e. The quantitative estimate of drug-likeness (QED) is 0.405. The largest absolute Gasteiger partial charge is 0.492 e. The Morgan fingerprint density at radius 3 is 1.93 bits per heavy atom. The van der Waals surface area contributed by atoms with Gasteiger partial charge in [-0.2, -0.15) is 0 Å². The number of rotatable bonds is 9. The fraction of sp³-hybridized carbons (Fsp3) is 0.167. The minimum atomic E-state index is 0.130. The van der Waals surface area contributed by atoms with Gasteiger partial charge in [-0.15, -0.1) is 0 Å². The molecule has 0 aliphatic heterocycles. The van der Waals surface area contributed by atoms with Gasteiger partial charge in [-0.3, -0.25) is 0 Å². The average Bonchev–Trinajstić information content (AvgIpc) is 2.76. The normalized spacial score (nSPS) is 11.8. The van der Waals surface area contributed by atoms with Crippen molar-refractivity contribution in [3.05, 3.63) is 102 Å². The van der Waals surface area contributed by atoms with Crippen molar-refractivity contribution in [2.45, 2.75) is 0 Å². The predicted molar refractivity (Wildman–Crippen MR) is 117 cm³/mol. The molecule has 0 spiro atoms. The van der Waals surface area contributed by atoms with E-state index in [2.05, 4.69) is 17.4 Å².